The Kier molecular flexibility index (Phi) is 8.72. The fourth-order valence-electron chi connectivity index (χ4n) is 2.39. The Morgan fingerprint density at radius 3 is 2.87 bits per heavy atom. The van der Waals surface area contributed by atoms with Gasteiger partial charge in [0.2, 0.25) is 0 Å². The van der Waals surface area contributed by atoms with Gasteiger partial charge in [-0.3, -0.25) is 10.1 Å². The number of amidine groups is 1. The van der Waals surface area contributed by atoms with Gasteiger partial charge in [-0.15, -0.1) is 18.1 Å². The summed E-state index contributed by atoms with van der Waals surface area (Å²) in [5.74, 6) is 2.47. The van der Waals surface area contributed by atoms with Crippen LogP contribution in [0.2, 0.25) is 0 Å². The van der Waals surface area contributed by atoms with E-state index in [9.17, 15) is 9.59 Å². The molecule has 1 fully saturated rings. The first kappa shape index (κ1) is 22.8. The Morgan fingerprint density at radius 2 is 2.20 bits per heavy atom. The van der Waals surface area contributed by atoms with Crippen LogP contribution in [0.4, 0.5) is 0 Å². The first-order valence-electron chi connectivity index (χ1n) is 8.89. The number of esters is 1. The number of nitrogens with one attached hydrogen (secondary N) is 1. The van der Waals surface area contributed by atoms with E-state index < -0.39 is 11.9 Å². The third-order valence-corrected chi connectivity index (χ3v) is 4.47. The zero-order valence-corrected chi connectivity index (χ0v) is 17.5. The molecule has 9 heteroatoms. The highest BCUT2D eigenvalue weighted by molar-refractivity contribution is 8.18. The van der Waals surface area contributed by atoms with Gasteiger partial charge in [0, 0.05) is 11.6 Å². The highest BCUT2D eigenvalue weighted by Gasteiger charge is 2.25. The maximum atomic E-state index is 11.8. The number of rotatable bonds is 9. The van der Waals surface area contributed by atoms with E-state index in [4.69, 9.17) is 15.9 Å². The summed E-state index contributed by atoms with van der Waals surface area (Å²) < 4.78 is 15.8. The van der Waals surface area contributed by atoms with Crippen molar-refractivity contribution in [3.05, 3.63) is 46.9 Å². The van der Waals surface area contributed by atoms with Gasteiger partial charge in [0.15, 0.2) is 16.7 Å². The van der Waals surface area contributed by atoms with Crippen molar-refractivity contribution in [2.75, 3.05) is 20.3 Å². The van der Waals surface area contributed by atoms with E-state index in [1.54, 1.807) is 12.1 Å². The summed E-state index contributed by atoms with van der Waals surface area (Å²) >= 11 is 0.991. The molecule has 1 aromatic rings. The van der Waals surface area contributed by atoms with E-state index in [-0.39, 0.29) is 16.7 Å². The molecule has 0 aliphatic carbocycles. The maximum Gasteiger partial charge on any atom is 0.331 e. The summed E-state index contributed by atoms with van der Waals surface area (Å²) in [6, 6.07) is 3.62. The fraction of sp³-hybridized carbons (Fsp3) is 0.238. The van der Waals surface area contributed by atoms with Crippen molar-refractivity contribution in [2.45, 2.75) is 13.3 Å². The number of carbonyl (C=O) groups excluding carboxylic acids is 2. The molecular weight excluding hydrogens is 406 g/mol. The molecule has 0 atom stereocenters. The van der Waals surface area contributed by atoms with Crippen LogP contribution in [-0.4, -0.2) is 43.6 Å². The molecule has 1 aliphatic rings. The molecule has 0 unspecified atom stereocenters. The Labute approximate surface area is 179 Å². The van der Waals surface area contributed by atoms with Crippen LogP contribution in [0.15, 0.2) is 46.0 Å². The fourth-order valence-corrected chi connectivity index (χ4v) is 3.13. The molecule has 2 rings (SSSR count). The van der Waals surface area contributed by atoms with Crippen molar-refractivity contribution in [3.8, 4) is 23.8 Å². The average molecular weight is 427 g/mol. The summed E-state index contributed by atoms with van der Waals surface area (Å²) in [5.41, 5.74) is 1.56. The number of hydrogen-bond donors (Lipinski definition) is 1. The zero-order valence-electron chi connectivity index (χ0n) is 16.6. The van der Waals surface area contributed by atoms with Gasteiger partial charge in [-0.1, -0.05) is 12.0 Å². The number of carbonyl (C=O) groups is 2. The second-order valence-corrected chi connectivity index (χ2v) is 6.69. The second kappa shape index (κ2) is 11.5. The van der Waals surface area contributed by atoms with Crippen LogP contribution in [0.3, 0.4) is 0 Å². The molecule has 0 aromatic heterocycles. The van der Waals surface area contributed by atoms with Gasteiger partial charge in [0.25, 0.3) is 5.91 Å². The Balaban J connectivity index is 2.26. The largest absolute Gasteiger partial charge is 0.490 e. The monoisotopic (exact) mass is 427 g/mol. The van der Waals surface area contributed by atoms with Crippen LogP contribution in [-0.2, 0) is 20.7 Å². The highest BCUT2D eigenvalue weighted by atomic mass is 32.2. The highest BCUT2D eigenvalue weighted by Crippen LogP contribution is 2.33. The lowest BCUT2D eigenvalue weighted by molar-refractivity contribution is -0.135. The van der Waals surface area contributed by atoms with E-state index in [2.05, 4.69) is 32.8 Å². The van der Waals surface area contributed by atoms with Gasteiger partial charge in [-0.05, 0) is 42.8 Å². The molecule has 156 valence electrons. The van der Waals surface area contributed by atoms with Crippen LogP contribution in [0.1, 0.15) is 18.1 Å². The number of amides is 1. The molecule has 0 saturated carbocycles. The molecule has 1 amide bonds. The smallest absolute Gasteiger partial charge is 0.331 e. The van der Waals surface area contributed by atoms with E-state index in [0.717, 1.165) is 23.4 Å². The Hall–Kier alpha value is -3.51. The van der Waals surface area contributed by atoms with Crippen LogP contribution in [0, 0.1) is 12.3 Å². The van der Waals surface area contributed by atoms with Crippen LogP contribution < -0.4 is 14.8 Å². The predicted octanol–water partition coefficient (Wildman–Crippen LogP) is 2.44. The zero-order chi connectivity index (χ0) is 21.9. The molecule has 1 aliphatic heterocycles. The van der Waals surface area contributed by atoms with Crippen LogP contribution >= 0.6 is 11.8 Å². The number of thioether (sulfide) groups is 1. The molecule has 0 spiro atoms. The lowest BCUT2D eigenvalue weighted by Crippen LogP contribution is -2.19. The third-order valence-electron chi connectivity index (χ3n) is 3.57. The summed E-state index contributed by atoms with van der Waals surface area (Å²) in [5, 5.41) is 10.8. The van der Waals surface area contributed by atoms with Gasteiger partial charge in [-0.2, -0.15) is 5.10 Å². The molecule has 1 N–H and O–H groups in total. The normalized spacial score (nSPS) is 15.8. The van der Waals surface area contributed by atoms with Crippen molar-refractivity contribution < 1.29 is 23.8 Å². The van der Waals surface area contributed by atoms with Gasteiger partial charge >= 0.3 is 5.97 Å². The van der Waals surface area contributed by atoms with Crippen molar-refractivity contribution in [2.24, 2.45) is 10.2 Å². The summed E-state index contributed by atoms with van der Waals surface area (Å²) in [6.07, 6.45) is 10.2. The van der Waals surface area contributed by atoms with Gasteiger partial charge in [0.05, 0.1) is 24.8 Å². The minimum absolute atomic E-state index is 0.115. The number of terminal acetylenes is 1. The molecule has 1 aromatic carbocycles. The quantitative estimate of drug-likeness (QED) is 0.162. The number of benzene rings is 1. The van der Waals surface area contributed by atoms with E-state index in [1.165, 1.54) is 13.3 Å². The summed E-state index contributed by atoms with van der Waals surface area (Å²) in [4.78, 5) is 23.3. The first-order valence-corrected chi connectivity index (χ1v) is 9.70. The third kappa shape index (κ3) is 6.25. The number of hydrogen-bond acceptors (Lipinski definition) is 8. The maximum absolute atomic E-state index is 11.8. The average Bonchev–Trinajstić information content (AvgIpc) is 3.06. The predicted molar refractivity (Wildman–Crippen MR) is 117 cm³/mol. The molecule has 30 heavy (non-hydrogen) atoms. The molecule has 8 nitrogen and oxygen atoms in total. The molecule has 0 bridgehead atoms. The van der Waals surface area contributed by atoms with E-state index >= 15 is 0 Å². The number of methoxy groups -OCH3 is 1. The van der Waals surface area contributed by atoms with Crippen LogP contribution in [0.5, 0.6) is 11.5 Å². The van der Waals surface area contributed by atoms with E-state index in [1.807, 2.05) is 13.0 Å². The van der Waals surface area contributed by atoms with Crippen molar-refractivity contribution in [1.29, 1.82) is 0 Å². The number of nitrogens with zero attached hydrogens (tertiary/aromatic N) is 2. The summed E-state index contributed by atoms with van der Waals surface area (Å²) in [6.45, 7) is 6.19. The van der Waals surface area contributed by atoms with Crippen molar-refractivity contribution >= 4 is 35.0 Å². The lowest BCUT2D eigenvalue weighted by Gasteiger charge is -2.15. The standard InChI is InChI=1S/C21H21N3O5S/c1-5-8-15-10-14(11-16(28-7-3)19(15)29-9-6-2)13-22-24-21-23-20(26)17(30-21)12-18(25)27-4/h2,5,10-13H,1,7-9H2,3-4H3,(H,23,24,26)/b17-12+,22-13?. The van der Waals surface area contributed by atoms with Gasteiger partial charge in [0.1, 0.15) is 6.61 Å². The summed E-state index contributed by atoms with van der Waals surface area (Å²) in [7, 11) is 1.23. The molecule has 0 radical (unpaired) electrons. The minimum atomic E-state index is -0.622. The topological polar surface area (TPSA) is 98.6 Å². The van der Waals surface area contributed by atoms with Gasteiger partial charge in [-0.25, -0.2) is 4.79 Å². The minimum Gasteiger partial charge on any atom is -0.490 e. The number of ether oxygens (including phenoxy) is 3. The Morgan fingerprint density at radius 1 is 1.40 bits per heavy atom. The lowest BCUT2D eigenvalue weighted by atomic mass is 10.1. The van der Waals surface area contributed by atoms with Crippen LogP contribution in [0.25, 0.3) is 0 Å². The molecule has 1 saturated heterocycles. The molecular formula is C21H21N3O5S. The van der Waals surface area contributed by atoms with E-state index in [0.29, 0.717) is 30.1 Å². The first-order chi connectivity index (χ1) is 14.5. The van der Waals surface area contributed by atoms with Gasteiger partial charge < -0.3 is 14.2 Å². The second-order valence-electron chi connectivity index (χ2n) is 5.66. The Bertz CT molecular complexity index is 960. The van der Waals surface area contributed by atoms with Crippen molar-refractivity contribution in [1.82, 2.24) is 5.32 Å². The molecule has 1 heterocycles. The SMILES string of the molecule is C#CCOc1c(CC=C)cc(C=N/N=C2/NC(=O)/C(=C\C(=O)OC)S2)cc1OCC. The number of allylic oxidation sites excluding steroid dienone is 1. The van der Waals surface area contributed by atoms with Crippen molar-refractivity contribution in [3.63, 3.8) is 0 Å².